The van der Waals surface area contributed by atoms with Crippen molar-refractivity contribution in [2.45, 2.75) is 19.4 Å². The van der Waals surface area contributed by atoms with Crippen LogP contribution in [0.25, 0.3) is 11.3 Å². The van der Waals surface area contributed by atoms with Gasteiger partial charge in [-0.05, 0) is 31.5 Å². The number of Topliss-reactive ketones (excluding diaryl/α,β-unsaturated/α-hetero) is 2. The zero-order valence-corrected chi connectivity index (χ0v) is 18.8. The maximum Gasteiger partial charge on any atom is 0.336 e. The highest BCUT2D eigenvalue weighted by Gasteiger charge is 2.58. The zero-order chi connectivity index (χ0) is 23.6. The van der Waals surface area contributed by atoms with E-state index in [1.54, 1.807) is 32.0 Å². The Morgan fingerprint density at radius 2 is 1.32 bits per heavy atom. The molecule has 1 atom stereocenters. The van der Waals surface area contributed by atoms with Crippen LogP contribution in [0.4, 0.5) is 5.69 Å². The number of carbonyl (C=O) groups excluding carboxylic acids is 3. The molecule has 2 aliphatic carbocycles. The van der Waals surface area contributed by atoms with Gasteiger partial charge in [0.25, 0.3) is 0 Å². The normalized spacial score (nSPS) is 20.2. The van der Waals surface area contributed by atoms with Crippen LogP contribution >= 0.6 is 0 Å². The maximum atomic E-state index is 13.9. The van der Waals surface area contributed by atoms with Crippen molar-refractivity contribution in [2.24, 2.45) is 0 Å². The van der Waals surface area contributed by atoms with E-state index >= 15 is 0 Å². The van der Waals surface area contributed by atoms with Gasteiger partial charge in [-0.25, -0.2) is 4.79 Å². The predicted molar refractivity (Wildman–Crippen MR) is 129 cm³/mol. The molecular formula is C29H21NO4. The van der Waals surface area contributed by atoms with E-state index in [0.717, 1.165) is 5.56 Å². The van der Waals surface area contributed by atoms with E-state index in [1.165, 1.54) is 0 Å². The van der Waals surface area contributed by atoms with Crippen LogP contribution in [0.1, 0.15) is 45.7 Å². The van der Waals surface area contributed by atoms with Gasteiger partial charge in [-0.15, -0.1) is 0 Å². The Hall–Kier alpha value is -4.25. The summed E-state index contributed by atoms with van der Waals surface area (Å²) in [4.78, 5) is 43.3. The Labute approximate surface area is 197 Å². The van der Waals surface area contributed by atoms with Crippen LogP contribution in [0.2, 0.25) is 0 Å². The van der Waals surface area contributed by atoms with E-state index in [9.17, 15) is 14.4 Å². The van der Waals surface area contributed by atoms with Gasteiger partial charge in [0.1, 0.15) is 0 Å². The first-order chi connectivity index (χ1) is 16.5. The first-order valence-corrected chi connectivity index (χ1v) is 11.3. The minimum absolute atomic E-state index is 0.144. The van der Waals surface area contributed by atoms with Crippen LogP contribution in [-0.4, -0.2) is 29.7 Å². The average molecular weight is 447 g/mol. The molecule has 3 aromatic rings. The summed E-state index contributed by atoms with van der Waals surface area (Å²) in [6.07, 6.45) is 0. The molecule has 3 aliphatic rings. The fourth-order valence-corrected chi connectivity index (χ4v) is 5.50. The molecule has 0 N–H and O–H groups in total. The van der Waals surface area contributed by atoms with E-state index in [4.69, 9.17) is 4.74 Å². The monoisotopic (exact) mass is 447 g/mol. The van der Waals surface area contributed by atoms with Crippen molar-refractivity contribution in [3.8, 4) is 0 Å². The number of para-hydroxylation sites is 1. The largest absolute Gasteiger partial charge is 0.464 e. The van der Waals surface area contributed by atoms with E-state index in [2.05, 4.69) is 0 Å². The highest BCUT2D eigenvalue weighted by Crippen LogP contribution is 2.56. The van der Waals surface area contributed by atoms with Gasteiger partial charge < -0.3 is 9.64 Å². The molecule has 0 bridgehead atoms. The Kier molecular flexibility index (Phi) is 4.27. The van der Waals surface area contributed by atoms with Crippen molar-refractivity contribution in [3.63, 3.8) is 0 Å². The van der Waals surface area contributed by atoms with Crippen LogP contribution in [0.15, 0.2) is 90.0 Å². The number of fused-ring (bicyclic) bond motifs is 5. The van der Waals surface area contributed by atoms with Gasteiger partial charge in [-0.2, -0.15) is 0 Å². The molecule has 0 radical (unpaired) electrons. The maximum absolute atomic E-state index is 13.9. The Morgan fingerprint density at radius 3 is 1.97 bits per heavy atom. The van der Waals surface area contributed by atoms with Crippen molar-refractivity contribution in [2.75, 3.05) is 11.5 Å². The first kappa shape index (κ1) is 20.4. The second kappa shape index (κ2) is 7.12. The summed E-state index contributed by atoms with van der Waals surface area (Å²) in [6, 6.07) is 24.0. The number of rotatable bonds is 3. The molecule has 5 nitrogen and oxygen atoms in total. The van der Waals surface area contributed by atoms with Gasteiger partial charge in [0.15, 0.2) is 17.1 Å². The fourth-order valence-electron chi connectivity index (χ4n) is 5.50. The number of anilines is 1. The van der Waals surface area contributed by atoms with Gasteiger partial charge >= 0.3 is 5.97 Å². The van der Waals surface area contributed by atoms with Gasteiger partial charge in [0.2, 0.25) is 0 Å². The summed E-state index contributed by atoms with van der Waals surface area (Å²) in [5.41, 5.74) is 3.62. The Balaban J connectivity index is 1.77. The molecule has 1 aliphatic heterocycles. The zero-order valence-electron chi connectivity index (χ0n) is 18.8. The summed E-state index contributed by atoms with van der Waals surface area (Å²) in [6.45, 7) is 3.64. The minimum atomic E-state index is -1.47. The van der Waals surface area contributed by atoms with Gasteiger partial charge in [-0.3, -0.25) is 9.59 Å². The van der Waals surface area contributed by atoms with Crippen molar-refractivity contribution >= 4 is 34.5 Å². The van der Waals surface area contributed by atoms with E-state index in [-0.39, 0.29) is 23.7 Å². The summed E-state index contributed by atoms with van der Waals surface area (Å²) in [5, 5.41) is 0. The van der Waals surface area contributed by atoms with Gasteiger partial charge in [0.05, 0.1) is 17.9 Å². The lowest BCUT2D eigenvalue weighted by Gasteiger charge is -2.45. The lowest BCUT2D eigenvalue weighted by atomic mass is 9.78. The molecule has 0 spiro atoms. The lowest BCUT2D eigenvalue weighted by molar-refractivity contribution is -0.147. The van der Waals surface area contributed by atoms with E-state index in [1.807, 2.05) is 65.6 Å². The first-order valence-electron chi connectivity index (χ1n) is 11.3. The van der Waals surface area contributed by atoms with Crippen molar-refractivity contribution in [3.05, 3.63) is 112 Å². The topological polar surface area (TPSA) is 63.7 Å². The third kappa shape index (κ3) is 2.41. The number of carbonyl (C=O) groups is 3. The number of esters is 1. The molecule has 0 aromatic heterocycles. The van der Waals surface area contributed by atoms with Gasteiger partial charge in [0, 0.05) is 33.5 Å². The highest BCUT2D eigenvalue weighted by molar-refractivity contribution is 6.39. The standard InChI is InChI=1S/C29H21NO4/c1-3-34-28(33)29(2)24-22(18-13-7-9-15-20(18)27(24)32)23-25(30(29)17-11-5-4-6-12-17)19-14-8-10-16-21(19)26(23)31/h4-16H,3H2,1-2H3/t29-/m0/s1. The summed E-state index contributed by atoms with van der Waals surface area (Å²) in [7, 11) is 0. The number of hydrogen-bond acceptors (Lipinski definition) is 5. The number of ketones is 2. The fraction of sp³-hybridized carbons (Fsp3) is 0.138. The Morgan fingerprint density at radius 1 is 0.765 bits per heavy atom. The van der Waals surface area contributed by atoms with E-state index < -0.39 is 11.5 Å². The Bertz CT molecular complexity index is 1480. The summed E-state index contributed by atoms with van der Waals surface area (Å²) >= 11 is 0. The molecule has 3 aromatic carbocycles. The highest BCUT2D eigenvalue weighted by atomic mass is 16.5. The summed E-state index contributed by atoms with van der Waals surface area (Å²) in [5.74, 6) is -0.928. The van der Waals surface area contributed by atoms with Crippen LogP contribution in [0.3, 0.4) is 0 Å². The van der Waals surface area contributed by atoms with E-state index in [0.29, 0.717) is 39.2 Å². The molecule has 1 heterocycles. The smallest absolute Gasteiger partial charge is 0.336 e. The van der Waals surface area contributed by atoms with Gasteiger partial charge in [-0.1, -0.05) is 66.7 Å². The SMILES string of the molecule is CCOC(=O)[C@]1(C)C2=C(C3=C(c4ccccc4C3=O)N1c1ccccc1)c1ccccc1C2=O. The number of hydrogen-bond donors (Lipinski definition) is 0. The molecule has 0 saturated heterocycles. The predicted octanol–water partition coefficient (Wildman–Crippen LogP) is 5.09. The van der Waals surface area contributed by atoms with Crippen molar-refractivity contribution in [1.29, 1.82) is 0 Å². The minimum Gasteiger partial charge on any atom is -0.464 e. The second-order valence-electron chi connectivity index (χ2n) is 8.69. The second-order valence-corrected chi connectivity index (χ2v) is 8.69. The molecule has 0 saturated carbocycles. The van der Waals surface area contributed by atoms with Crippen LogP contribution in [0, 0.1) is 0 Å². The molecule has 5 heteroatoms. The number of ether oxygens (including phenoxy) is 1. The quantitative estimate of drug-likeness (QED) is 0.524. The molecule has 6 rings (SSSR count). The van der Waals surface area contributed by atoms with Crippen LogP contribution in [-0.2, 0) is 9.53 Å². The molecular weight excluding hydrogens is 426 g/mol. The van der Waals surface area contributed by atoms with Crippen LogP contribution < -0.4 is 4.90 Å². The van der Waals surface area contributed by atoms with Crippen molar-refractivity contribution < 1.29 is 19.1 Å². The molecule has 0 fully saturated rings. The lowest BCUT2D eigenvalue weighted by Crippen LogP contribution is -2.57. The van der Waals surface area contributed by atoms with Crippen LogP contribution in [0.5, 0.6) is 0 Å². The van der Waals surface area contributed by atoms with Crippen molar-refractivity contribution in [1.82, 2.24) is 0 Å². The summed E-state index contributed by atoms with van der Waals surface area (Å²) < 4.78 is 5.58. The number of benzene rings is 3. The number of nitrogens with zero attached hydrogens (tertiary/aromatic N) is 1. The molecule has 0 unspecified atom stereocenters. The molecule has 166 valence electrons. The third-order valence-electron chi connectivity index (χ3n) is 6.90. The molecule has 34 heavy (non-hydrogen) atoms. The average Bonchev–Trinajstić information content (AvgIpc) is 3.32. The third-order valence-corrected chi connectivity index (χ3v) is 6.90. The number of allylic oxidation sites excluding steroid dienone is 2. The molecule has 0 amide bonds.